The van der Waals surface area contributed by atoms with Crippen molar-refractivity contribution in [1.29, 1.82) is 0 Å². The molecule has 4 rings (SSSR count). The highest BCUT2D eigenvalue weighted by Gasteiger charge is 2.16. The summed E-state index contributed by atoms with van der Waals surface area (Å²) in [6, 6.07) is 10.3. The predicted molar refractivity (Wildman–Crippen MR) is 122 cm³/mol. The van der Waals surface area contributed by atoms with E-state index in [1.807, 2.05) is 18.2 Å². The molecule has 3 heterocycles. The van der Waals surface area contributed by atoms with Gasteiger partial charge in [0.1, 0.15) is 5.82 Å². The Balaban J connectivity index is 1.25. The van der Waals surface area contributed by atoms with Gasteiger partial charge in [-0.15, -0.1) is 0 Å². The molecule has 1 aromatic carbocycles. The third kappa shape index (κ3) is 5.78. The zero-order chi connectivity index (χ0) is 21.5. The number of rotatable bonds is 10. The van der Waals surface area contributed by atoms with Crippen molar-refractivity contribution < 1.29 is 9.90 Å². The van der Waals surface area contributed by atoms with Crippen LogP contribution in [0, 0.1) is 0 Å². The SMILES string of the molecule is O=C(O)CC(CCCCCCc1ccc2c(n1)NCCC2)c1ccc2nccnc2c1. The van der Waals surface area contributed by atoms with Crippen molar-refractivity contribution in [3.05, 3.63) is 59.5 Å². The van der Waals surface area contributed by atoms with Crippen molar-refractivity contribution in [2.45, 2.75) is 63.7 Å². The molecule has 0 radical (unpaired) electrons. The molecule has 0 amide bonds. The van der Waals surface area contributed by atoms with E-state index >= 15 is 0 Å². The molecular weight excluding hydrogens is 388 g/mol. The van der Waals surface area contributed by atoms with Crippen LogP contribution in [-0.4, -0.2) is 32.6 Å². The van der Waals surface area contributed by atoms with Crippen molar-refractivity contribution in [1.82, 2.24) is 15.0 Å². The maximum Gasteiger partial charge on any atom is 0.303 e. The number of carboxylic acids is 1. The first-order valence-electron chi connectivity index (χ1n) is 11.3. The fourth-order valence-electron chi connectivity index (χ4n) is 4.39. The average molecular weight is 419 g/mol. The van der Waals surface area contributed by atoms with Crippen LogP contribution in [0.4, 0.5) is 5.82 Å². The number of hydrogen-bond donors (Lipinski definition) is 2. The smallest absolute Gasteiger partial charge is 0.303 e. The predicted octanol–water partition coefficient (Wildman–Crippen LogP) is 5.13. The van der Waals surface area contributed by atoms with E-state index in [-0.39, 0.29) is 12.3 Å². The number of nitrogens with zero attached hydrogens (tertiary/aromatic N) is 3. The number of aliphatic carboxylic acids is 1. The van der Waals surface area contributed by atoms with Crippen LogP contribution in [-0.2, 0) is 17.6 Å². The number of benzene rings is 1. The van der Waals surface area contributed by atoms with Crippen LogP contribution in [0.15, 0.2) is 42.7 Å². The number of pyridine rings is 1. The minimum absolute atomic E-state index is 0.0114. The molecule has 3 aromatic rings. The Labute approximate surface area is 183 Å². The number of aryl methyl sites for hydroxylation is 2. The fraction of sp³-hybridized carbons (Fsp3) is 0.440. The number of anilines is 1. The highest BCUT2D eigenvalue weighted by molar-refractivity contribution is 5.75. The van der Waals surface area contributed by atoms with Gasteiger partial charge in [-0.3, -0.25) is 14.8 Å². The maximum absolute atomic E-state index is 11.4. The Hall–Kier alpha value is -3.02. The number of aromatic nitrogens is 3. The summed E-state index contributed by atoms with van der Waals surface area (Å²) < 4.78 is 0. The van der Waals surface area contributed by atoms with Gasteiger partial charge in [-0.2, -0.15) is 0 Å². The largest absolute Gasteiger partial charge is 0.481 e. The topological polar surface area (TPSA) is 88.0 Å². The zero-order valence-electron chi connectivity index (χ0n) is 17.9. The fourth-order valence-corrected chi connectivity index (χ4v) is 4.39. The van der Waals surface area contributed by atoms with E-state index in [1.54, 1.807) is 12.4 Å². The van der Waals surface area contributed by atoms with Gasteiger partial charge in [0.05, 0.1) is 17.5 Å². The summed E-state index contributed by atoms with van der Waals surface area (Å²) in [6.45, 7) is 1.02. The Bertz CT molecular complexity index is 1040. The van der Waals surface area contributed by atoms with Gasteiger partial charge in [-0.25, -0.2) is 4.98 Å². The van der Waals surface area contributed by atoms with Crippen LogP contribution in [0.2, 0.25) is 0 Å². The molecule has 0 aliphatic carbocycles. The van der Waals surface area contributed by atoms with E-state index in [4.69, 9.17) is 4.98 Å². The molecule has 1 aliphatic rings. The van der Waals surface area contributed by atoms with Crippen molar-refractivity contribution in [3.8, 4) is 0 Å². The van der Waals surface area contributed by atoms with Gasteiger partial charge in [-0.1, -0.05) is 31.4 Å². The first-order chi connectivity index (χ1) is 15.2. The quantitative estimate of drug-likeness (QED) is 0.444. The van der Waals surface area contributed by atoms with Crippen LogP contribution >= 0.6 is 0 Å². The van der Waals surface area contributed by atoms with Crippen LogP contribution < -0.4 is 5.32 Å². The average Bonchev–Trinajstić information content (AvgIpc) is 2.80. The molecule has 6 heteroatoms. The van der Waals surface area contributed by atoms with Gasteiger partial charge < -0.3 is 10.4 Å². The van der Waals surface area contributed by atoms with Gasteiger partial charge >= 0.3 is 5.97 Å². The second kappa shape index (κ2) is 10.3. The van der Waals surface area contributed by atoms with Gasteiger partial charge in [0.25, 0.3) is 0 Å². The summed E-state index contributed by atoms with van der Waals surface area (Å²) in [4.78, 5) is 24.8. The lowest BCUT2D eigenvalue weighted by Gasteiger charge is -2.17. The van der Waals surface area contributed by atoms with E-state index in [0.29, 0.717) is 0 Å². The Kier molecular flexibility index (Phi) is 7.07. The third-order valence-corrected chi connectivity index (χ3v) is 6.07. The highest BCUT2D eigenvalue weighted by atomic mass is 16.4. The molecule has 6 nitrogen and oxygen atoms in total. The molecule has 2 aromatic heterocycles. The van der Waals surface area contributed by atoms with Crippen LogP contribution in [0.3, 0.4) is 0 Å². The van der Waals surface area contributed by atoms with Crippen molar-refractivity contribution in [2.24, 2.45) is 0 Å². The first-order valence-corrected chi connectivity index (χ1v) is 11.3. The van der Waals surface area contributed by atoms with Crippen LogP contribution in [0.25, 0.3) is 11.0 Å². The van der Waals surface area contributed by atoms with Gasteiger partial charge in [0.15, 0.2) is 0 Å². The number of unbranched alkanes of at least 4 members (excludes halogenated alkanes) is 3. The van der Waals surface area contributed by atoms with Crippen LogP contribution in [0.1, 0.15) is 67.7 Å². The van der Waals surface area contributed by atoms with E-state index in [1.165, 1.54) is 12.0 Å². The monoisotopic (exact) mass is 418 g/mol. The Morgan fingerprint density at radius 1 is 1.03 bits per heavy atom. The molecular formula is C25H30N4O2. The minimum Gasteiger partial charge on any atom is -0.481 e. The molecule has 0 bridgehead atoms. The van der Waals surface area contributed by atoms with E-state index in [9.17, 15) is 9.90 Å². The second-order valence-electron chi connectivity index (χ2n) is 8.39. The van der Waals surface area contributed by atoms with Crippen molar-refractivity contribution in [2.75, 3.05) is 11.9 Å². The lowest BCUT2D eigenvalue weighted by molar-refractivity contribution is -0.137. The molecule has 0 saturated carbocycles. The van der Waals surface area contributed by atoms with Crippen LogP contribution in [0.5, 0.6) is 0 Å². The summed E-state index contributed by atoms with van der Waals surface area (Å²) >= 11 is 0. The Morgan fingerprint density at radius 2 is 1.87 bits per heavy atom. The van der Waals surface area contributed by atoms with Gasteiger partial charge in [0, 0.05) is 24.6 Å². The molecule has 0 spiro atoms. The number of carbonyl (C=O) groups is 1. The van der Waals surface area contributed by atoms with E-state index < -0.39 is 5.97 Å². The lowest BCUT2D eigenvalue weighted by atomic mass is 9.90. The summed E-state index contributed by atoms with van der Waals surface area (Å²) in [6.07, 6.45) is 12.0. The zero-order valence-corrected chi connectivity index (χ0v) is 17.9. The standard InChI is InChI=1S/C25H30N4O2/c30-24(31)17-19(20-10-12-22-23(16-20)27-15-14-26-22)6-3-1-2-4-8-21-11-9-18-7-5-13-28-25(18)29-21/h9-12,14-16,19H,1-8,13,17H2,(H,28,29)(H,30,31). The van der Waals surface area contributed by atoms with Gasteiger partial charge in [0.2, 0.25) is 0 Å². The Morgan fingerprint density at radius 3 is 2.74 bits per heavy atom. The molecule has 1 atom stereocenters. The molecule has 1 unspecified atom stereocenters. The number of carboxylic acid groups (broad SMARTS) is 1. The van der Waals surface area contributed by atoms with Crippen molar-refractivity contribution in [3.63, 3.8) is 0 Å². The molecule has 0 fully saturated rings. The summed E-state index contributed by atoms with van der Waals surface area (Å²) in [7, 11) is 0. The number of nitrogens with one attached hydrogen (secondary N) is 1. The minimum atomic E-state index is -0.753. The lowest BCUT2D eigenvalue weighted by Crippen LogP contribution is -2.13. The summed E-state index contributed by atoms with van der Waals surface area (Å²) in [5.41, 5.74) is 5.20. The first kappa shape index (κ1) is 21.2. The number of fused-ring (bicyclic) bond motifs is 2. The molecule has 1 aliphatic heterocycles. The highest BCUT2D eigenvalue weighted by Crippen LogP contribution is 2.28. The number of hydrogen-bond acceptors (Lipinski definition) is 5. The van der Waals surface area contributed by atoms with E-state index in [2.05, 4.69) is 27.4 Å². The van der Waals surface area contributed by atoms with Gasteiger partial charge in [-0.05, 0) is 67.3 Å². The molecule has 31 heavy (non-hydrogen) atoms. The maximum atomic E-state index is 11.4. The van der Waals surface area contributed by atoms with Crippen molar-refractivity contribution >= 4 is 22.8 Å². The summed E-state index contributed by atoms with van der Waals surface area (Å²) in [5, 5.41) is 12.8. The third-order valence-electron chi connectivity index (χ3n) is 6.07. The summed E-state index contributed by atoms with van der Waals surface area (Å²) in [5.74, 6) is 0.328. The molecule has 2 N–H and O–H groups in total. The molecule has 0 saturated heterocycles. The normalized spacial score (nSPS) is 14.1. The second-order valence-corrected chi connectivity index (χ2v) is 8.39. The molecule has 162 valence electrons. The van der Waals surface area contributed by atoms with E-state index in [0.717, 1.165) is 79.6 Å².